The van der Waals surface area contributed by atoms with Crippen molar-refractivity contribution in [3.8, 4) is 0 Å². The minimum Gasteiger partial charge on any atom is -0.326 e. The molecule has 0 aromatic heterocycles. The van der Waals surface area contributed by atoms with Crippen LogP contribution in [0.2, 0.25) is 0 Å². The van der Waals surface area contributed by atoms with Crippen LogP contribution in [0, 0.1) is 19.8 Å². The van der Waals surface area contributed by atoms with Gasteiger partial charge in [0, 0.05) is 22.2 Å². The molecule has 0 saturated heterocycles. The number of nitrogens with one attached hydrogen (secondary N) is 2. The Balaban J connectivity index is 1.54. The van der Waals surface area contributed by atoms with Gasteiger partial charge in [0.2, 0.25) is 11.8 Å². The largest absolute Gasteiger partial charge is 0.326 e. The van der Waals surface area contributed by atoms with E-state index in [1.165, 1.54) is 17.3 Å². The maximum Gasteiger partial charge on any atom is 0.242 e. The van der Waals surface area contributed by atoms with Crippen molar-refractivity contribution in [1.82, 2.24) is 0 Å². The van der Waals surface area contributed by atoms with Gasteiger partial charge in [-0.3, -0.25) is 9.59 Å². The molecule has 158 valence electrons. The quantitative estimate of drug-likeness (QED) is 0.444. The molecular weight excluding hydrogens is 404 g/mol. The van der Waals surface area contributed by atoms with Crippen LogP contribution in [0.1, 0.15) is 34.8 Å². The zero-order chi connectivity index (χ0) is 21.8. The van der Waals surface area contributed by atoms with Gasteiger partial charge >= 0.3 is 0 Å². The monoisotopic (exact) mass is 430 g/mol. The summed E-state index contributed by atoms with van der Waals surface area (Å²) in [4.78, 5) is 26.3. The summed E-state index contributed by atoms with van der Waals surface area (Å²) >= 11 is 1.48. The Bertz CT molecular complexity index is 1090. The lowest BCUT2D eigenvalue weighted by Gasteiger charge is -2.18. The Hall–Kier alpha value is -3.05. The first-order valence-electron chi connectivity index (χ1n) is 10.5. The standard InChI is InChI=1S/C26H26N2O2S/c1-17-11-14-22(15-18(17)2)28-26(30)24(19-7-4-3-5-8-19)31-23-10-6-9-21(16-23)27-25(29)20-12-13-20/h3-11,14-16,20,24H,12-13H2,1-2H3,(H,27,29)(H,28,30). The van der Waals surface area contributed by atoms with E-state index >= 15 is 0 Å². The van der Waals surface area contributed by atoms with E-state index in [-0.39, 0.29) is 17.7 Å². The number of amides is 2. The third-order valence-corrected chi connectivity index (χ3v) is 6.67. The molecule has 4 nitrogen and oxygen atoms in total. The van der Waals surface area contributed by atoms with E-state index in [1.54, 1.807) is 0 Å². The van der Waals surface area contributed by atoms with Gasteiger partial charge < -0.3 is 10.6 Å². The van der Waals surface area contributed by atoms with E-state index < -0.39 is 5.25 Å². The Morgan fingerprint density at radius 3 is 2.29 bits per heavy atom. The fourth-order valence-corrected chi connectivity index (χ4v) is 4.38. The van der Waals surface area contributed by atoms with E-state index in [9.17, 15) is 9.59 Å². The number of carbonyl (C=O) groups excluding carboxylic acids is 2. The van der Waals surface area contributed by atoms with Gasteiger partial charge in [0.15, 0.2) is 0 Å². The highest BCUT2D eigenvalue weighted by atomic mass is 32.2. The first-order chi connectivity index (χ1) is 15.0. The predicted octanol–water partition coefficient (Wildman–Crippen LogP) is 6.12. The van der Waals surface area contributed by atoms with Crippen molar-refractivity contribution < 1.29 is 9.59 Å². The van der Waals surface area contributed by atoms with E-state index in [4.69, 9.17) is 0 Å². The van der Waals surface area contributed by atoms with Crippen LogP contribution in [0.25, 0.3) is 0 Å². The molecule has 3 aromatic carbocycles. The molecule has 31 heavy (non-hydrogen) atoms. The number of aryl methyl sites for hydroxylation is 2. The molecule has 2 amide bonds. The van der Waals surface area contributed by atoms with Crippen molar-refractivity contribution in [3.05, 3.63) is 89.5 Å². The Kier molecular flexibility index (Phi) is 6.42. The zero-order valence-corrected chi connectivity index (χ0v) is 18.5. The van der Waals surface area contributed by atoms with E-state index in [0.717, 1.165) is 40.2 Å². The van der Waals surface area contributed by atoms with Crippen LogP contribution in [-0.4, -0.2) is 11.8 Å². The molecule has 4 rings (SSSR count). The molecule has 0 bridgehead atoms. The molecule has 1 saturated carbocycles. The van der Waals surface area contributed by atoms with Gasteiger partial charge in [0.1, 0.15) is 5.25 Å². The maximum absolute atomic E-state index is 13.3. The maximum atomic E-state index is 13.3. The molecule has 5 heteroatoms. The second kappa shape index (κ2) is 9.40. The summed E-state index contributed by atoms with van der Waals surface area (Å²) in [7, 11) is 0. The first-order valence-corrected chi connectivity index (χ1v) is 11.4. The van der Waals surface area contributed by atoms with Crippen LogP contribution in [-0.2, 0) is 9.59 Å². The second-order valence-corrected chi connectivity index (χ2v) is 9.17. The Labute approximate surface area is 187 Å². The van der Waals surface area contributed by atoms with Crippen molar-refractivity contribution in [2.75, 3.05) is 10.6 Å². The van der Waals surface area contributed by atoms with Crippen LogP contribution < -0.4 is 10.6 Å². The van der Waals surface area contributed by atoms with Gasteiger partial charge in [0.05, 0.1) is 0 Å². The number of hydrogen-bond donors (Lipinski definition) is 2. The highest BCUT2D eigenvalue weighted by molar-refractivity contribution is 8.00. The van der Waals surface area contributed by atoms with Crippen LogP contribution in [0.15, 0.2) is 77.7 Å². The molecular formula is C26H26N2O2S. The lowest BCUT2D eigenvalue weighted by molar-refractivity contribution is -0.117. The minimum absolute atomic E-state index is 0.0770. The predicted molar refractivity (Wildman–Crippen MR) is 127 cm³/mol. The summed E-state index contributed by atoms with van der Waals surface area (Å²) in [5.74, 6) is 0.151. The van der Waals surface area contributed by atoms with Gasteiger partial charge in [0.25, 0.3) is 0 Å². The van der Waals surface area contributed by atoms with Crippen molar-refractivity contribution >= 4 is 35.0 Å². The van der Waals surface area contributed by atoms with E-state index in [1.807, 2.05) is 79.7 Å². The van der Waals surface area contributed by atoms with Crippen LogP contribution in [0.3, 0.4) is 0 Å². The van der Waals surface area contributed by atoms with Gasteiger partial charge in [-0.15, -0.1) is 11.8 Å². The molecule has 1 fully saturated rings. The molecule has 1 aliphatic carbocycles. The molecule has 1 unspecified atom stereocenters. The molecule has 1 atom stereocenters. The molecule has 0 radical (unpaired) electrons. The molecule has 2 N–H and O–H groups in total. The van der Waals surface area contributed by atoms with Crippen molar-refractivity contribution in [2.24, 2.45) is 5.92 Å². The number of carbonyl (C=O) groups is 2. The van der Waals surface area contributed by atoms with Crippen LogP contribution >= 0.6 is 11.8 Å². The lowest BCUT2D eigenvalue weighted by atomic mass is 10.1. The first kappa shape index (κ1) is 21.2. The minimum atomic E-state index is -0.419. The second-order valence-electron chi connectivity index (χ2n) is 7.99. The molecule has 3 aromatic rings. The third kappa shape index (κ3) is 5.56. The van der Waals surface area contributed by atoms with Gasteiger partial charge in [-0.2, -0.15) is 0 Å². The third-order valence-electron chi connectivity index (χ3n) is 5.42. The highest BCUT2D eigenvalue weighted by Gasteiger charge is 2.29. The average molecular weight is 431 g/mol. The Morgan fingerprint density at radius 1 is 0.839 bits per heavy atom. The highest BCUT2D eigenvalue weighted by Crippen LogP contribution is 2.37. The van der Waals surface area contributed by atoms with Gasteiger partial charge in [-0.1, -0.05) is 42.5 Å². The SMILES string of the molecule is Cc1ccc(NC(=O)C(Sc2cccc(NC(=O)C3CC3)c2)c2ccccc2)cc1C. The fraction of sp³-hybridized carbons (Fsp3) is 0.231. The van der Waals surface area contributed by atoms with Crippen molar-refractivity contribution in [2.45, 2.75) is 36.8 Å². The Morgan fingerprint density at radius 2 is 1.58 bits per heavy atom. The summed E-state index contributed by atoms with van der Waals surface area (Å²) < 4.78 is 0. The topological polar surface area (TPSA) is 58.2 Å². The summed E-state index contributed by atoms with van der Waals surface area (Å²) in [6.07, 6.45) is 1.93. The number of thioether (sulfide) groups is 1. The fourth-order valence-electron chi connectivity index (χ4n) is 3.30. The molecule has 0 spiro atoms. The van der Waals surface area contributed by atoms with Gasteiger partial charge in [-0.05, 0) is 73.7 Å². The smallest absolute Gasteiger partial charge is 0.242 e. The van der Waals surface area contributed by atoms with Crippen LogP contribution in [0.4, 0.5) is 11.4 Å². The summed E-state index contributed by atoms with van der Waals surface area (Å²) in [5.41, 5.74) is 4.82. The van der Waals surface area contributed by atoms with Crippen LogP contribution in [0.5, 0.6) is 0 Å². The van der Waals surface area contributed by atoms with E-state index in [0.29, 0.717) is 0 Å². The zero-order valence-electron chi connectivity index (χ0n) is 17.7. The van der Waals surface area contributed by atoms with Crippen molar-refractivity contribution in [3.63, 3.8) is 0 Å². The summed E-state index contributed by atoms with van der Waals surface area (Å²) in [6, 6.07) is 23.4. The van der Waals surface area contributed by atoms with Gasteiger partial charge in [-0.25, -0.2) is 0 Å². The average Bonchev–Trinajstić information content (AvgIpc) is 3.61. The number of rotatable bonds is 7. The normalized spacial score (nSPS) is 14.0. The van der Waals surface area contributed by atoms with E-state index in [2.05, 4.69) is 17.6 Å². The summed E-state index contributed by atoms with van der Waals surface area (Å²) in [5, 5.41) is 5.64. The molecule has 0 heterocycles. The number of hydrogen-bond acceptors (Lipinski definition) is 3. The molecule has 0 aliphatic heterocycles. The summed E-state index contributed by atoms with van der Waals surface area (Å²) in [6.45, 7) is 4.09. The lowest BCUT2D eigenvalue weighted by Crippen LogP contribution is -2.19. The number of anilines is 2. The molecule has 1 aliphatic rings. The number of benzene rings is 3. The van der Waals surface area contributed by atoms with Crippen molar-refractivity contribution in [1.29, 1.82) is 0 Å².